The number of ketones is 1. The highest BCUT2D eigenvalue weighted by atomic mass is 35.6. The summed E-state index contributed by atoms with van der Waals surface area (Å²) in [4.78, 5) is 22.3. The lowest BCUT2D eigenvalue weighted by atomic mass is 10.1. The van der Waals surface area contributed by atoms with E-state index in [1.165, 1.54) is 0 Å². The molecule has 27 heavy (non-hydrogen) atoms. The van der Waals surface area contributed by atoms with Gasteiger partial charge in [-0.3, -0.25) is 14.9 Å². The third-order valence-corrected chi connectivity index (χ3v) is 3.96. The van der Waals surface area contributed by atoms with E-state index in [1.807, 2.05) is 0 Å². The summed E-state index contributed by atoms with van der Waals surface area (Å²) >= 11 is 22.2. The Morgan fingerprint density at radius 1 is 1.07 bits per heavy atom. The van der Waals surface area contributed by atoms with Crippen LogP contribution in [0.4, 0.5) is 18.9 Å². The Balaban J connectivity index is 2.43. The molecule has 2 aromatic carbocycles. The third kappa shape index (κ3) is 5.16. The van der Waals surface area contributed by atoms with Gasteiger partial charge in [-0.2, -0.15) is 13.2 Å². The van der Waals surface area contributed by atoms with Crippen LogP contribution in [0.5, 0.6) is 11.5 Å². The summed E-state index contributed by atoms with van der Waals surface area (Å²) in [5.74, 6) is -1.49. The molecule has 0 radical (unpaired) electrons. The van der Waals surface area contributed by atoms with Gasteiger partial charge < -0.3 is 4.74 Å². The molecule has 0 spiro atoms. The number of carbonyl (C=O) groups is 1. The number of Topliss-reactive ketones (excluding diaryl/α,β-unsaturated/α-hetero) is 1. The maximum atomic E-state index is 12.7. The zero-order chi connectivity index (χ0) is 20.6. The molecule has 144 valence electrons. The topological polar surface area (TPSA) is 69.4 Å². The molecule has 0 saturated carbocycles. The van der Waals surface area contributed by atoms with Crippen molar-refractivity contribution in [2.45, 2.75) is 9.97 Å². The van der Waals surface area contributed by atoms with E-state index in [0.717, 1.165) is 30.3 Å². The Hall–Kier alpha value is -1.74. The minimum Gasteiger partial charge on any atom is -0.456 e. The summed E-state index contributed by atoms with van der Waals surface area (Å²) in [6.45, 7) is 0. The molecule has 0 bridgehead atoms. The fourth-order valence-corrected chi connectivity index (χ4v) is 2.48. The quantitative estimate of drug-likeness (QED) is 0.222. The van der Waals surface area contributed by atoms with Gasteiger partial charge in [0.1, 0.15) is 17.1 Å². The minimum atomic E-state index is -4.60. The Labute approximate surface area is 169 Å². The number of carbonyl (C=O) groups excluding carboxylic acids is 1. The zero-order valence-electron chi connectivity index (χ0n) is 12.7. The molecule has 0 aliphatic heterocycles. The summed E-state index contributed by atoms with van der Waals surface area (Å²) in [6, 6.07) is 5.31. The van der Waals surface area contributed by atoms with Crippen molar-refractivity contribution in [3.8, 4) is 11.5 Å². The number of halogens is 7. The number of nitro benzene ring substituents is 1. The molecule has 0 atom stereocenters. The third-order valence-electron chi connectivity index (χ3n) is 3.15. The van der Waals surface area contributed by atoms with Gasteiger partial charge in [0.15, 0.2) is 0 Å². The average Bonchev–Trinajstić information content (AvgIpc) is 2.53. The lowest BCUT2D eigenvalue weighted by Crippen LogP contribution is -2.20. The smallest absolute Gasteiger partial charge is 0.416 e. The van der Waals surface area contributed by atoms with Crippen molar-refractivity contribution >= 4 is 57.9 Å². The molecule has 2 aromatic rings. The van der Waals surface area contributed by atoms with Crippen LogP contribution in [0.2, 0.25) is 5.02 Å². The first-order valence-corrected chi connectivity index (χ1v) is 8.26. The van der Waals surface area contributed by atoms with Crippen LogP contribution in [-0.4, -0.2) is 14.5 Å². The van der Waals surface area contributed by atoms with Crippen LogP contribution in [-0.2, 0) is 6.18 Å². The van der Waals surface area contributed by atoms with Crippen molar-refractivity contribution in [2.75, 3.05) is 0 Å². The number of nitro groups is 1. The Bertz CT molecular complexity index is 913. The van der Waals surface area contributed by atoms with Crippen LogP contribution in [0.1, 0.15) is 15.9 Å². The largest absolute Gasteiger partial charge is 0.456 e. The molecule has 0 aromatic heterocycles. The number of nitrogens with zero attached hydrogens (tertiary/aromatic N) is 1. The summed E-state index contributed by atoms with van der Waals surface area (Å²) in [5.41, 5.74) is -2.19. The van der Waals surface area contributed by atoms with E-state index in [1.54, 1.807) is 0 Å². The van der Waals surface area contributed by atoms with Crippen molar-refractivity contribution < 1.29 is 27.6 Å². The van der Waals surface area contributed by atoms with Crippen LogP contribution < -0.4 is 4.74 Å². The molecular formula is C15H6Cl4F3NO4. The highest BCUT2D eigenvalue weighted by molar-refractivity contribution is 6.77. The van der Waals surface area contributed by atoms with Gasteiger partial charge in [0.25, 0.3) is 9.48 Å². The number of alkyl halides is 6. The molecule has 0 saturated heterocycles. The molecule has 0 amide bonds. The van der Waals surface area contributed by atoms with Gasteiger partial charge in [0.05, 0.1) is 15.5 Å². The predicted octanol–water partition coefficient (Wildman–Crippen LogP) is 6.61. The second-order valence-electron chi connectivity index (χ2n) is 5.01. The monoisotopic (exact) mass is 461 g/mol. The van der Waals surface area contributed by atoms with Crippen molar-refractivity contribution in [3.05, 3.63) is 62.7 Å². The van der Waals surface area contributed by atoms with Gasteiger partial charge in [0, 0.05) is 6.07 Å². The molecule has 0 heterocycles. The number of rotatable bonds is 4. The first-order valence-electron chi connectivity index (χ1n) is 6.75. The van der Waals surface area contributed by atoms with Gasteiger partial charge in [-0.15, -0.1) is 0 Å². The number of hydrogen-bond acceptors (Lipinski definition) is 4. The fourth-order valence-electron chi connectivity index (χ4n) is 1.96. The maximum absolute atomic E-state index is 12.7. The maximum Gasteiger partial charge on any atom is 0.416 e. The molecule has 5 nitrogen and oxygen atoms in total. The predicted molar refractivity (Wildman–Crippen MR) is 94.2 cm³/mol. The molecule has 0 aliphatic carbocycles. The Kier molecular flexibility index (Phi) is 6.16. The van der Waals surface area contributed by atoms with Crippen molar-refractivity contribution in [1.82, 2.24) is 0 Å². The zero-order valence-corrected chi connectivity index (χ0v) is 15.7. The highest BCUT2D eigenvalue weighted by Gasteiger charge is 2.36. The SMILES string of the molecule is O=C(c1cc(Oc2ccc(C(F)(F)F)cc2Cl)ccc1[N+](=O)[O-])C(Cl)(Cl)Cl. The second kappa shape index (κ2) is 7.71. The van der Waals surface area contributed by atoms with Gasteiger partial charge in [-0.05, 0) is 30.3 Å². The van der Waals surface area contributed by atoms with Crippen molar-refractivity contribution in [2.24, 2.45) is 0 Å². The standard InChI is InChI=1S/C15H6Cl4F3NO4/c16-10-5-7(15(20,21)22)1-4-12(10)27-8-2-3-11(23(25)26)9(6-8)13(24)14(17,18)19/h1-6H. The fraction of sp³-hybridized carbons (Fsp3) is 0.133. The van der Waals surface area contributed by atoms with Gasteiger partial charge in [-0.1, -0.05) is 46.4 Å². The van der Waals surface area contributed by atoms with Gasteiger partial charge in [-0.25, -0.2) is 0 Å². The molecule has 0 fully saturated rings. The van der Waals surface area contributed by atoms with Crippen LogP contribution in [0.25, 0.3) is 0 Å². The van der Waals surface area contributed by atoms with E-state index in [4.69, 9.17) is 51.1 Å². The van der Waals surface area contributed by atoms with Crippen LogP contribution in [0.15, 0.2) is 36.4 Å². The minimum absolute atomic E-state index is 0.139. The van der Waals surface area contributed by atoms with Crippen LogP contribution >= 0.6 is 46.4 Å². The number of benzene rings is 2. The van der Waals surface area contributed by atoms with Crippen molar-refractivity contribution in [1.29, 1.82) is 0 Å². The lowest BCUT2D eigenvalue weighted by Gasteiger charge is -2.13. The first kappa shape index (κ1) is 21.6. The van der Waals surface area contributed by atoms with E-state index < -0.39 is 37.5 Å². The number of ether oxygens (including phenoxy) is 1. The molecule has 12 heteroatoms. The molecule has 0 unspecified atom stereocenters. The first-order chi connectivity index (χ1) is 12.3. The summed E-state index contributed by atoms with van der Waals surface area (Å²) in [7, 11) is 0. The van der Waals surface area contributed by atoms with E-state index in [9.17, 15) is 28.1 Å². The summed E-state index contributed by atoms with van der Waals surface area (Å²) in [5, 5.41) is 10.7. The summed E-state index contributed by atoms with van der Waals surface area (Å²) < 4.78 is 40.8. The van der Waals surface area contributed by atoms with E-state index in [0.29, 0.717) is 6.07 Å². The van der Waals surface area contributed by atoms with Gasteiger partial charge >= 0.3 is 6.18 Å². The van der Waals surface area contributed by atoms with E-state index >= 15 is 0 Å². The lowest BCUT2D eigenvalue weighted by molar-refractivity contribution is -0.385. The van der Waals surface area contributed by atoms with Crippen molar-refractivity contribution in [3.63, 3.8) is 0 Å². The van der Waals surface area contributed by atoms with Crippen LogP contribution in [0.3, 0.4) is 0 Å². The molecular weight excluding hydrogens is 457 g/mol. The van der Waals surface area contributed by atoms with E-state index in [-0.39, 0.29) is 16.5 Å². The van der Waals surface area contributed by atoms with Crippen LogP contribution in [0, 0.1) is 10.1 Å². The summed E-state index contributed by atoms with van der Waals surface area (Å²) in [6.07, 6.45) is -4.60. The average molecular weight is 463 g/mol. The Morgan fingerprint density at radius 2 is 1.70 bits per heavy atom. The Morgan fingerprint density at radius 3 is 2.19 bits per heavy atom. The molecule has 0 N–H and O–H groups in total. The number of hydrogen-bond donors (Lipinski definition) is 0. The van der Waals surface area contributed by atoms with Gasteiger partial charge in [0.2, 0.25) is 5.78 Å². The molecule has 2 rings (SSSR count). The normalized spacial score (nSPS) is 12.0. The molecule has 0 aliphatic rings. The highest BCUT2D eigenvalue weighted by Crippen LogP contribution is 2.39. The van der Waals surface area contributed by atoms with E-state index in [2.05, 4.69) is 0 Å². The second-order valence-corrected chi connectivity index (χ2v) is 7.70.